The summed E-state index contributed by atoms with van der Waals surface area (Å²) >= 11 is 5.76. The minimum atomic E-state index is -4.00. The Labute approximate surface area is 128 Å². The Balaban J connectivity index is 2.09. The Bertz CT molecular complexity index is 602. The lowest BCUT2D eigenvalue weighted by atomic mass is 10.1. The molecule has 1 saturated heterocycles. The maximum absolute atomic E-state index is 14.0. The standard InChI is InChI=1S/C13H17ClFNO4S/c14-11-5-10(7-17)13(15)12(6-11)21(18,19)16-3-1-9-2-4-20-8-9/h5-6,9,16-17H,1-4,7-8H2. The summed E-state index contributed by atoms with van der Waals surface area (Å²) in [5.41, 5.74) is -0.146. The van der Waals surface area contributed by atoms with Crippen molar-refractivity contribution in [2.24, 2.45) is 5.92 Å². The van der Waals surface area contributed by atoms with Crippen molar-refractivity contribution in [3.8, 4) is 0 Å². The van der Waals surface area contributed by atoms with Gasteiger partial charge in [-0.15, -0.1) is 0 Å². The van der Waals surface area contributed by atoms with E-state index < -0.39 is 27.3 Å². The van der Waals surface area contributed by atoms with Gasteiger partial charge in [-0.25, -0.2) is 17.5 Å². The van der Waals surface area contributed by atoms with Crippen molar-refractivity contribution in [1.29, 1.82) is 0 Å². The van der Waals surface area contributed by atoms with E-state index in [9.17, 15) is 12.8 Å². The number of benzene rings is 1. The van der Waals surface area contributed by atoms with Crippen molar-refractivity contribution in [2.75, 3.05) is 19.8 Å². The summed E-state index contributed by atoms with van der Waals surface area (Å²) in [6.07, 6.45) is 1.54. The number of hydrogen-bond donors (Lipinski definition) is 2. The van der Waals surface area contributed by atoms with Crippen LogP contribution in [0.3, 0.4) is 0 Å². The van der Waals surface area contributed by atoms with E-state index in [0.29, 0.717) is 25.6 Å². The molecule has 0 amide bonds. The van der Waals surface area contributed by atoms with E-state index in [1.165, 1.54) is 6.07 Å². The Kier molecular flexibility index (Phi) is 5.56. The molecule has 0 spiro atoms. The third-order valence-corrected chi connectivity index (χ3v) is 5.09. The second-order valence-electron chi connectivity index (χ2n) is 4.95. The number of halogens is 2. The number of nitrogens with one attached hydrogen (secondary N) is 1. The average molecular weight is 338 g/mol. The summed E-state index contributed by atoms with van der Waals surface area (Å²) in [5, 5.41) is 9.09. The fourth-order valence-corrected chi connectivity index (χ4v) is 3.71. The molecule has 0 aromatic heterocycles. The van der Waals surface area contributed by atoms with Crippen molar-refractivity contribution < 1.29 is 22.7 Å². The average Bonchev–Trinajstić information content (AvgIpc) is 2.93. The van der Waals surface area contributed by atoms with Gasteiger partial charge in [0.1, 0.15) is 10.7 Å². The molecule has 1 aliphatic heterocycles. The molecule has 5 nitrogen and oxygen atoms in total. The molecule has 0 saturated carbocycles. The minimum absolute atomic E-state index is 0.0602. The first-order valence-corrected chi connectivity index (χ1v) is 8.46. The van der Waals surface area contributed by atoms with Crippen LogP contribution in [0.25, 0.3) is 0 Å². The second kappa shape index (κ2) is 7.02. The Hall–Kier alpha value is -0.730. The Morgan fingerprint density at radius 3 is 2.86 bits per heavy atom. The van der Waals surface area contributed by atoms with Crippen LogP contribution in [0.15, 0.2) is 17.0 Å². The van der Waals surface area contributed by atoms with Gasteiger partial charge in [-0.1, -0.05) is 11.6 Å². The first-order chi connectivity index (χ1) is 9.94. The van der Waals surface area contributed by atoms with Gasteiger partial charge < -0.3 is 9.84 Å². The maximum atomic E-state index is 14.0. The van der Waals surface area contributed by atoms with Crippen LogP contribution in [0.1, 0.15) is 18.4 Å². The molecule has 1 fully saturated rings. The van der Waals surface area contributed by atoms with Gasteiger partial charge >= 0.3 is 0 Å². The van der Waals surface area contributed by atoms with Crippen LogP contribution < -0.4 is 4.72 Å². The molecular weight excluding hydrogens is 321 g/mol. The molecule has 2 N–H and O–H groups in total. The number of aliphatic hydroxyl groups is 1. The molecule has 0 aliphatic carbocycles. The topological polar surface area (TPSA) is 75.6 Å². The highest BCUT2D eigenvalue weighted by molar-refractivity contribution is 7.89. The molecule has 118 valence electrons. The van der Waals surface area contributed by atoms with Crippen LogP contribution >= 0.6 is 11.6 Å². The lowest BCUT2D eigenvalue weighted by Gasteiger charge is -2.12. The molecule has 1 heterocycles. The van der Waals surface area contributed by atoms with E-state index >= 15 is 0 Å². The SMILES string of the molecule is O=S(=O)(NCCC1CCOC1)c1cc(Cl)cc(CO)c1F. The molecule has 0 radical (unpaired) electrons. The normalized spacial score (nSPS) is 19.1. The first kappa shape index (κ1) is 16.6. The fourth-order valence-electron chi connectivity index (χ4n) is 2.22. The minimum Gasteiger partial charge on any atom is -0.392 e. The molecule has 1 aromatic carbocycles. The molecule has 2 rings (SSSR count). The lowest BCUT2D eigenvalue weighted by Crippen LogP contribution is -2.27. The van der Waals surface area contributed by atoms with Gasteiger partial charge in [0.15, 0.2) is 0 Å². The molecular formula is C13H17ClFNO4S. The third kappa shape index (κ3) is 4.14. The highest BCUT2D eigenvalue weighted by Crippen LogP contribution is 2.24. The van der Waals surface area contributed by atoms with Gasteiger partial charge in [0, 0.05) is 30.3 Å². The molecule has 1 aliphatic rings. The summed E-state index contributed by atoms with van der Waals surface area (Å²) < 4.78 is 45.8. The third-order valence-electron chi connectivity index (χ3n) is 3.41. The van der Waals surface area contributed by atoms with Gasteiger partial charge in [0.2, 0.25) is 10.0 Å². The zero-order valence-electron chi connectivity index (χ0n) is 11.3. The van der Waals surface area contributed by atoms with Crippen LogP contribution in [-0.4, -0.2) is 33.3 Å². The molecule has 0 bridgehead atoms. The molecule has 8 heteroatoms. The van der Waals surface area contributed by atoms with E-state index in [1.54, 1.807) is 0 Å². The van der Waals surface area contributed by atoms with Gasteiger partial charge in [0.05, 0.1) is 6.61 Å². The largest absolute Gasteiger partial charge is 0.392 e. The van der Waals surface area contributed by atoms with E-state index in [2.05, 4.69) is 4.72 Å². The Morgan fingerprint density at radius 1 is 1.48 bits per heavy atom. The zero-order chi connectivity index (χ0) is 15.5. The van der Waals surface area contributed by atoms with Crippen molar-refractivity contribution >= 4 is 21.6 Å². The molecule has 1 atom stereocenters. The van der Waals surface area contributed by atoms with Crippen molar-refractivity contribution in [3.05, 3.63) is 28.5 Å². The van der Waals surface area contributed by atoms with Gasteiger partial charge in [-0.05, 0) is 30.9 Å². The summed E-state index contributed by atoms with van der Waals surface area (Å²) in [6, 6.07) is 2.24. The number of sulfonamides is 1. The summed E-state index contributed by atoms with van der Waals surface area (Å²) in [7, 11) is -4.00. The highest BCUT2D eigenvalue weighted by Gasteiger charge is 2.23. The van der Waals surface area contributed by atoms with Crippen LogP contribution in [-0.2, 0) is 21.4 Å². The van der Waals surface area contributed by atoms with E-state index in [4.69, 9.17) is 21.4 Å². The predicted octanol–water partition coefficient (Wildman–Crippen LogP) is 1.68. The Morgan fingerprint density at radius 2 is 2.24 bits per heavy atom. The smallest absolute Gasteiger partial charge is 0.243 e. The summed E-state index contributed by atoms with van der Waals surface area (Å²) in [6.45, 7) is 0.910. The monoisotopic (exact) mass is 337 g/mol. The van der Waals surface area contributed by atoms with Crippen LogP contribution in [0.5, 0.6) is 0 Å². The highest BCUT2D eigenvalue weighted by atomic mass is 35.5. The van der Waals surface area contributed by atoms with E-state index in [0.717, 1.165) is 12.5 Å². The van der Waals surface area contributed by atoms with Gasteiger partial charge in [-0.2, -0.15) is 0 Å². The lowest BCUT2D eigenvalue weighted by molar-refractivity contribution is 0.184. The summed E-state index contributed by atoms with van der Waals surface area (Å²) in [4.78, 5) is -0.540. The number of aliphatic hydroxyl groups excluding tert-OH is 1. The second-order valence-corrected chi connectivity index (χ2v) is 7.12. The van der Waals surface area contributed by atoms with E-state index in [-0.39, 0.29) is 17.1 Å². The van der Waals surface area contributed by atoms with Gasteiger partial charge in [-0.3, -0.25) is 0 Å². The molecule has 21 heavy (non-hydrogen) atoms. The number of ether oxygens (including phenoxy) is 1. The van der Waals surface area contributed by atoms with Gasteiger partial charge in [0.25, 0.3) is 0 Å². The van der Waals surface area contributed by atoms with Crippen LogP contribution in [0, 0.1) is 11.7 Å². The van der Waals surface area contributed by atoms with Crippen molar-refractivity contribution in [1.82, 2.24) is 4.72 Å². The number of hydrogen-bond acceptors (Lipinski definition) is 4. The van der Waals surface area contributed by atoms with Crippen LogP contribution in [0.2, 0.25) is 5.02 Å². The molecule has 1 unspecified atom stereocenters. The summed E-state index contributed by atoms with van der Waals surface area (Å²) in [5.74, 6) is -0.650. The quantitative estimate of drug-likeness (QED) is 0.828. The van der Waals surface area contributed by atoms with Crippen molar-refractivity contribution in [2.45, 2.75) is 24.3 Å². The van der Waals surface area contributed by atoms with Crippen molar-refractivity contribution in [3.63, 3.8) is 0 Å². The first-order valence-electron chi connectivity index (χ1n) is 6.60. The molecule has 1 aromatic rings. The predicted molar refractivity (Wildman–Crippen MR) is 76.1 cm³/mol. The number of rotatable bonds is 6. The van der Waals surface area contributed by atoms with Crippen LogP contribution in [0.4, 0.5) is 4.39 Å². The van der Waals surface area contributed by atoms with E-state index in [1.807, 2.05) is 0 Å². The maximum Gasteiger partial charge on any atom is 0.243 e. The fraction of sp³-hybridized carbons (Fsp3) is 0.538. The zero-order valence-corrected chi connectivity index (χ0v) is 12.9.